The number of ether oxygens (including phenoxy) is 5. The van der Waals surface area contributed by atoms with Gasteiger partial charge in [0, 0.05) is 28.6 Å². The molecule has 1 amide bonds. The van der Waals surface area contributed by atoms with Crippen LogP contribution >= 0.6 is 23.2 Å². The predicted molar refractivity (Wildman–Crippen MR) is 227 cm³/mol. The first-order valence-electron chi connectivity index (χ1n) is 18.5. The maximum absolute atomic E-state index is 13.3. The van der Waals surface area contributed by atoms with Crippen molar-refractivity contribution < 1.29 is 86.5 Å². The van der Waals surface area contributed by atoms with Crippen molar-refractivity contribution in [3.05, 3.63) is 81.1 Å². The zero-order valence-corrected chi connectivity index (χ0v) is 37.2. The van der Waals surface area contributed by atoms with E-state index in [0.29, 0.717) is 0 Å². The number of aromatic carboxylic acids is 1. The van der Waals surface area contributed by atoms with Crippen LogP contribution in [0.1, 0.15) is 27.1 Å². The Morgan fingerprint density at radius 1 is 0.708 bits per heavy atom. The number of nitrogen functional groups attached to an aromatic ring is 1. The van der Waals surface area contributed by atoms with Crippen molar-refractivity contribution in [2.75, 3.05) is 65.1 Å². The molecule has 0 atom stereocenters. The maximum Gasteiger partial charge on any atom is 0.336 e. The Bertz CT molecular complexity index is 2990. The lowest BCUT2D eigenvalue weighted by molar-refractivity contribution is -0.135. The molecule has 0 bridgehead atoms. The molecular weight excluding hydrogens is 970 g/mol. The van der Waals surface area contributed by atoms with Crippen LogP contribution in [0.5, 0.6) is 5.75 Å². The van der Waals surface area contributed by atoms with Gasteiger partial charge in [0.1, 0.15) is 0 Å². The van der Waals surface area contributed by atoms with Crippen LogP contribution in [0, 0.1) is 5.41 Å². The number of benzene rings is 4. The molecule has 3 aromatic rings. The highest BCUT2D eigenvalue weighted by Gasteiger charge is 2.32. The summed E-state index contributed by atoms with van der Waals surface area (Å²) in [6, 6.07) is 9.61. The Hall–Kier alpha value is -5.29. The summed E-state index contributed by atoms with van der Waals surface area (Å²) in [5.41, 5.74) is 3.39. The van der Waals surface area contributed by atoms with Crippen molar-refractivity contribution in [3.8, 4) is 28.2 Å². The Kier molecular flexibility index (Phi) is 16.7. The molecule has 1 aliphatic carbocycles. The van der Waals surface area contributed by atoms with E-state index >= 15 is 0 Å². The number of hydrogen-bond acceptors (Lipinski definition) is 17. The van der Waals surface area contributed by atoms with Gasteiger partial charge in [-0.15, -0.1) is 0 Å². The van der Waals surface area contributed by atoms with Crippen molar-refractivity contribution in [3.63, 3.8) is 0 Å². The number of carbonyl (C=O) groups is 3. The molecule has 3 aromatic carbocycles. The maximum atomic E-state index is 13.3. The molecule has 0 saturated heterocycles. The average Bonchev–Trinajstić information content (AvgIpc) is 3.20. The third-order valence-corrected chi connectivity index (χ3v) is 12.1. The van der Waals surface area contributed by atoms with Gasteiger partial charge in [0.05, 0.1) is 90.8 Å². The van der Waals surface area contributed by atoms with E-state index in [1.807, 2.05) is 0 Å². The number of rotatable bonds is 22. The molecule has 65 heavy (non-hydrogen) atoms. The first-order valence-corrected chi connectivity index (χ1v) is 23.5. The molecule has 1 aliphatic heterocycles. The number of carboxylic acid groups (broad SMARTS) is 1. The van der Waals surface area contributed by atoms with Crippen LogP contribution in [-0.2, 0) is 54.1 Å². The molecule has 0 spiro atoms. The number of nitrogens with one attached hydrogen (secondary N) is 2. The number of amides is 1. The molecule has 0 radical (unpaired) electrons. The van der Waals surface area contributed by atoms with Gasteiger partial charge in [-0.3, -0.25) is 28.7 Å². The molecule has 1 heterocycles. The van der Waals surface area contributed by atoms with E-state index in [4.69, 9.17) is 67.0 Å². The second-order valence-corrected chi connectivity index (χ2v) is 18.2. The van der Waals surface area contributed by atoms with Gasteiger partial charge in [0.25, 0.3) is 36.3 Å². The van der Waals surface area contributed by atoms with E-state index in [9.17, 15) is 53.8 Å². The van der Waals surface area contributed by atoms with Gasteiger partial charge in [-0.25, -0.2) is 4.79 Å². The first kappa shape index (κ1) is 50.7. The number of hydrogen-bond donors (Lipinski definition) is 7. The summed E-state index contributed by atoms with van der Waals surface area (Å²) in [5.74, 6) is -4.02. The number of halogens is 2. The molecular formula is C38H37Cl2N3O19S3. The molecule has 5 rings (SSSR count). The second kappa shape index (κ2) is 21.3. The summed E-state index contributed by atoms with van der Waals surface area (Å²) in [6.45, 7) is 0.976. The molecule has 27 heteroatoms. The molecule has 8 N–H and O–H groups in total. The largest absolute Gasteiger partial charge is 0.478 e. The number of fused-ring (bicyclic) bond motifs is 2. The van der Waals surface area contributed by atoms with Gasteiger partial charge < -0.3 is 44.3 Å². The van der Waals surface area contributed by atoms with Crippen molar-refractivity contribution in [2.45, 2.75) is 21.1 Å². The predicted octanol–water partition coefficient (Wildman–Crippen LogP) is 3.80. The van der Waals surface area contributed by atoms with Crippen molar-refractivity contribution >= 4 is 88.1 Å². The fourth-order valence-electron chi connectivity index (χ4n) is 6.08. The topological polar surface area (TPSA) is 356 Å². The van der Waals surface area contributed by atoms with Crippen molar-refractivity contribution in [1.29, 1.82) is 5.41 Å². The summed E-state index contributed by atoms with van der Waals surface area (Å²) < 4.78 is 134. The fourth-order valence-corrected chi connectivity index (χ4v) is 8.79. The summed E-state index contributed by atoms with van der Waals surface area (Å²) in [7, 11) is -15.0. The quantitative estimate of drug-likeness (QED) is 0.0129. The van der Waals surface area contributed by atoms with Crippen LogP contribution in [0.4, 0.5) is 5.69 Å². The van der Waals surface area contributed by atoms with Gasteiger partial charge in [-0.2, -0.15) is 25.3 Å². The number of anilines is 1. The van der Waals surface area contributed by atoms with E-state index < -0.39 is 90.8 Å². The SMILES string of the molecule is N=c1ccc2c(-c3cc(C(=O)NCCOCCOCCOCCOCCC(=O)Oc4c(Cl)cc(S(=O)(=O)O)cc4Cl)ccc3C(=O)O)c3ccc(N)c(S(=O)(=O)O)c3oc-2c1S(=O)(=O)O. The molecule has 2 aliphatic rings. The fraction of sp³-hybridized carbons (Fsp3) is 0.263. The standard InChI is InChI=1S/C38H37Cl2N3O19S3/c39-26-18-21(63(48,49)50)19-27(40)34(26)61-30(44)7-9-57-11-13-59-15-16-60-14-12-58-10-8-43-37(45)20-1-2-22(38(46)47)25(17-20)31-23-3-5-28(41)35(64(51,52)53)32(23)62-33-24(31)4-6-29(42)36(33)65(54,55)56/h1-6,17-19,41H,7-16,42H2,(H,43,45)(H,46,47)(H,48,49,50)(H,51,52,53)(H,54,55,56). The van der Waals surface area contributed by atoms with Crippen LogP contribution in [0.15, 0.2) is 73.7 Å². The van der Waals surface area contributed by atoms with E-state index in [2.05, 4.69) is 5.32 Å². The van der Waals surface area contributed by atoms with E-state index in [1.165, 1.54) is 18.2 Å². The van der Waals surface area contributed by atoms with Crippen LogP contribution in [0.2, 0.25) is 10.0 Å². The molecule has 22 nitrogen and oxygen atoms in total. The normalized spacial score (nSPS) is 12.1. The van der Waals surface area contributed by atoms with Gasteiger partial charge in [-0.1, -0.05) is 23.2 Å². The molecule has 0 unspecified atom stereocenters. The van der Waals surface area contributed by atoms with E-state index in [1.54, 1.807) is 0 Å². The van der Waals surface area contributed by atoms with Crippen LogP contribution in [0.3, 0.4) is 0 Å². The Morgan fingerprint density at radius 2 is 1.28 bits per heavy atom. The lowest BCUT2D eigenvalue weighted by Crippen LogP contribution is -2.27. The minimum atomic E-state index is -5.24. The summed E-state index contributed by atoms with van der Waals surface area (Å²) in [6.07, 6.45) is -0.193. The lowest BCUT2D eigenvalue weighted by Gasteiger charge is -2.20. The summed E-state index contributed by atoms with van der Waals surface area (Å²) >= 11 is 11.8. The smallest absolute Gasteiger partial charge is 0.336 e. The Morgan fingerprint density at radius 3 is 1.83 bits per heavy atom. The van der Waals surface area contributed by atoms with Crippen molar-refractivity contribution in [2.24, 2.45) is 0 Å². The Labute approximate surface area is 379 Å². The third kappa shape index (κ3) is 12.7. The molecule has 0 saturated carbocycles. The van der Waals surface area contributed by atoms with Crippen LogP contribution < -0.4 is 21.1 Å². The van der Waals surface area contributed by atoms with Gasteiger partial charge in [-0.05, 0) is 60.2 Å². The highest BCUT2D eigenvalue weighted by Crippen LogP contribution is 2.46. The van der Waals surface area contributed by atoms with Crippen molar-refractivity contribution in [1.82, 2.24) is 5.32 Å². The van der Waals surface area contributed by atoms with Gasteiger partial charge in [0.15, 0.2) is 26.9 Å². The highest BCUT2D eigenvalue weighted by molar-refractivity contribution is 7.86. The minimum Gasteiger partial charge on any atom is -0.478 e. The van der Waals surface area contributed by atoms with E-state index in [-0.39, 0.29) is 109 Å². The molecule has 0 fully saturated rings. The van der Waals surface area contributed by atoms with Crippen LogP contribution in [0.25, 0.3) is 33.4 Å². The zero-order chi connectivity index (χ0) is 47.9. The summed E-state index contributed by atoms with van der Waals surface area (Å²) in [4.78, 5) is 35.2. The number of carboxylic acids is 1. The number of carbonyl (C=O) groups excluding carboxylic acids is 2. The van der Waals surface area contributed by atoms with E-state index in [0.717, 1.165) is 36.4 Å². The third-order valence-electron chi connectivity index (χ3n) is 8.88. The second-order valence-electron chi connectivity index (χ2n) is 13.3. The first-order chi connectivity index (χ1) is 30.5. The highest BCUT2D eigenvalue weighted by atomic mass is 35.5. The monoisotopic (exact) mass is 1010 g/mol. The number of nitrogens with two attached hydrogens (primary N) is 1. The van der Waals surface area contributed by atoms with Gasteiger partial charge >= 0.3 is 11.9 Å². The Balaban J connectivity index is 1.10. The number of esters is 1. The minimum absolute atomic E-state index is 0.0155. The van der Waals surface area contributed by atoms with Crippen LogP contribution in [-0.4, -0.2) is 121 Å². The molecule has 350 valence electrons. The lowest BCUT2D eigenvalue weighted by atomic mass is 9.89. The summed E-state index contributed by atoms with van der Waals surface area (Å²) in [5, 5.41) is 19.4. The average molecular weight is 1010 g/mol. The zero-order valence-electron chi connectivity index (χ0n) is 33.2. The molecule has 0 aromatic heterocycles. The van der Waals surface area contributed by atoms with Gasteiger partial charge in [0.2, 0.25) is 0 Å².